The summed E-state index contributed by atoms with van der Waals surface area (Å²) in [5, 5.41) is 8.05. The Kier molecular flexibility index (Phi) is 15.2. The van der Waals surface area contributed by atoms with E-state index in [4.69, 9.17) is 18.9 Å². The van der Waals surface area contributed by atoms with Crippen molar-refractivity contribution in [3.63, 3.8) is 0 Å². The second-order valence-corrected chi connectivity index (χ2v) is 14.8. The summed E-state index contributed by atoms with van der Waals surface area (Å²) in [6, 6.07) is 31.9. The first-order valence-corrected chi connectivity index (χ1v) is 19.3. The number of fused-ring (bicyclic) bond motifs is 3. The van der Waals surface area contributed by atoms with Gasteiger partial charge >= 0.3 is 24.1 Å². The molecule has 1 aliphatic rings. The zero-order chi connectivity index (χ0) is 40.6. The fourth-order valence-electron chi connectivity index (χ4n) is 6.46. The number of esters is 2. The van der Waals surface area contributed by atoms with Gasteiger partial charge in [0.15, 0.2) is 0 Å². The van der Waals surface area contributed by atoms with Gasteiger partial charge in [0.25, 0.3) is 0 Å². The summed E-state index contributed by atoms with van der Waals surface area (Å²) in [6.07, 6.45) is -0.516. The van der Waals surface area contributed by atoms with E-state index in [0.29, 0.717) is 19.4 Å². The minimum Gasteiger partial charge on any atom is -0.459 e. The number of alkyl carbamates (subject to hydrolysis) is 2. The molecule has 0 saturated heterocycles. The zero-order valence-corrected chi connectivity index (χ0v) is 32.7. The number of amides is 3. The van der Waals surface area contributed by atoms with Gasteiger partial charge in [-0.15, -0.1) is 0 Å². The number of carbonyl (C=O) groups is 5. The van der Waals surface area contributed by atoms with Gasteiger partial charge < -0.3 is 34.9 Å². The SMILES string of the molecule is CC(C)(C)OC(=O)NCCCC[C@@H](NC(=O)CC[C@@H](NC(=O)OCC1c2ccccc2-c2ccccc21)C(=O)OCc1ccccc1)C(=O)OCc1ccccc1. The van der Waals surface area contributed by atoms with Gasteiger partial charge in [0.1, 0.15) is 37.5 Å². The molecule has 4 aromatic carbocycles. The standard InChI is InChI=1S/C45H51N3O9/c1-45(2,3)57-43(52)46-27-15-14-24-38(41(50)54-28-31-16-6-4-7-17-31)47-40(49)26-25-39(42(51)55-29-32-18-8-5-9-19-32)48-44(53)56-30-37-35-22-12-10-20-33(35)34-21-11-13-23-36(34)37/h4-13,16-23,37-39H,14-15,24-30H2,1-3H3,(H,46,52)(H,47,49)(H,48,53)/t38-,39-/m1/s1. The van der Waals surface area contributed by atoms with Crippen LogP contribution in [0.15, 0.2) is 109 Å². The van der Waals surface area contributed by atoms with E-state index < -0.39 is 47.7 Å². The van der Waals surface area contributed by atoms with Crippen LogP contribution >= 0.6 is 0 Å². The predicted octanol–water partition coefficient (Wildman–Crippen LogP) is 7.34. The number of nitrogens with one attached hydrogen (secondary N) is 3. The average Bonchev–Trinajstić information content (AvgIpc) is 3.52. The van der Waals surface area contributed by atoms with Crippen LogP contribution < -0.4 is 16.0 Å². The lowest BCUT2D eigenvalue weighted by molar-refractivity contribution is -0.150. The van der Waals surface area contributed by atoms with E-state index in [9.17, 15) is 24.0 Å². The van der Waals surface area contributed by atoms with Crippen molar-refractivity contribution in [1.82, 2.24) is 16.0 Å². The van der Waals surface area contributed by atoms with Crippen molar-refractivity contribution in [1.29, 1.82) is 0 Å². The van der Waals surface area contributed by atoms with Crippen LogP contribution in [0.5, 0.6) is 0 Å². The van der Waals surface area contributed by atoms with Crippen LogP contribution in [0.1, 0.15) is 81.0 Å². The number of ether oxygens (including phenoxy) is 4. The lowest BCUT2D eigenvalue weighted by atomic mass is 9.98. The first kappa shape index (κ1) is 42.0. The maximum atomic E-state index is 13.4. The summed E-state index contributed by atoms with van der Waals surface area (Å²) in [6.45, 7) is 5.64. The van der Waals surface area contributed by atoms with Crippen LogP contribution in [0.25, 0.3) is 11.1 Å². The summed E-state index contributed by atoms with van der Waals surface area (Å²) in [5.41, 5.74) is 5.14. The Balaban J connectivity index is 1.19. The molecule has 0 saturated carbocycles. The van der Waals surface area contributed by atoms with Crippen LogP contribution in [-0.4, -0.2) is 60.9 Å². The van der Waals surface area contributed by atoms with Crippen molar-refractivity contribution in [3.05, 3.63) is 131 Å². The maximum Gasteiger partial charge on any atom is 0.407 e. The highest BCUT2D eigenvalue weighted by atomic mass is 16.6. The van der Waals surface area contributed by atoms with Crippen LogP contribution in [0.3, 0.4) is 0 Å². The number of carbonyl (C=O) groups excluding carboxylic acids is 5. The molecule has 0 spiro atoms. The second kappa shape index (κ2) is 20.7. The molecule has 4 aromatic rings. The summed E-state index contributed by atoms with van der Waals surface area (Å²) in [4.78, 5) is 65.3. The molecule has 3 N–H and O–H groups in total. The summed E-state index contributed by atoms with van der Waals surface area (Å²) in [5.74, 6) is -2.08. The number of hydrogen-bond acceptors (Lipinski definition) is 9. The van der Waals surface area contributed by atoms with Crippen molar-refractivity contribution >= 4 is 30.0 Å². The van der Waals surface area contributed by atoms with E-state index in [-0.39, 0.29) is 45.0 Å². The second-order valence-electron chi connectivity index (χ2n) is 14.8. The lowest BCUT2D eigenvalue weighted by Crippen LogP contribution is -2.45. The molecule has 12 nitrogen and oxygen atoms in total. The van der Waals surface area contributed by atoms with Crippen molar-refractivity contribution in [2.24, 2.45) is 0 Å². The Labute approximate surface area is 333 Å². The Bertz CT molecular complexity index is 1920. The van der Waals surface area contributed by atoms with Crippen molar-refractivity contribution in [2.45, 2.75) is 89.7 Å². The first-order chi connectivity index (χ1) is 27.5. The molecule has 0 unspecified atom stereocenters. The summed E-state index contributed by atoms with van der Waals surface area (Å²) < 4.78 is 22.1. The monoisotopic (exact) mass is 777 g/mol. The molecule has 5 rings (SSSR count). The number of rotatable bonds is 18. The number of hydrogen-bond donors (Lipinski definition) is 3. The molecule has 300 valence electrons. The molecule has 0 bridgehead atoms. The van der Waals surface area contributed by atoms with Gasteiger partial charge in [-0.05, 0) is 79.8 Å². The molecule has 2 atom stereocenters. The molecule has 3 amide bonds. The molecular formula is C45H51N3O9. The third kappa shape index (κ3) is 13.2. The van der Waals surface area contributed by atoms with Crippen LogP contribution in [0.2, 0.25) is 0 Å². The highest BCUT2D eigenvalue weighted by molar-refractivity contribution is 5.86. The van der Waals surface area contributed by atoms with Crippen molar-refractivity contribution in [2.75, 3.05) is 13.2 Å². The topological polar surface area (TPSA) is 158 Å². The predicted molar refractivity (Wildman–Crippen MR) is 214 cm³/mol. The average molecular weight is 778 g/mol. The van der Waals surface area contributed by atoms with E-state index in [1.807, 2.05) is 97.1 Å². The Morgan fingerprint density at radius 2 is 1.11 bits per heavy atom. The van der Waals surface area contributed by atoms with Crippen LogP contribution in [0, 0.1) is 0 Å². The first-order valence-electron chi connectivity index (χ1n) is 19.3. The Morgan fingerprint density at radius 1 is 0.596 bits per heavy atom. The molecule has 57 heavy (non-hydrogen) atoms. The maximum absolute atomic E-state index is 13.4. The zero-order valence-electron chi connectivity index (χ0n) is 32.7. The Hall–Kier alpha value is -6.17. The molecule has 0 heterocycles. The van der Waals surface area contributed by atoms with E-state index in [1.165, 1.54) is 0 Å². The van der Waals surface area contributed by atoms with E-state index in [2.05, 4.69) is 16.0 Å². The largest absolute Gasteiger partial charge is 0.459 e. The normalized spacial score (nSPS) is 12.9. The minimum atomic E-state index is -1.22. The van der Waals surface area contributed by atoms with Gasteiger partial charge in [-0.25, -0.2) is 19.2 Å². The van der Waals surface area contributed by atoms with E-state index in [0.717, 1.165) is 33.4 Å². The third-order valence-electron chi connectivity index (χ3n) is 9.24. The molecule has 0 radical (unpaired) electrons. The van der Waals surface area contributed by atoms with E-state index >= 15 is 0 Å². The van der Waals surface area contributed by atoms with Crippen molar-refractivity contribution in [3.8, 4) is 11.1 Å². The number of benzene rings is 4. The van der Waals surface area contributed by atoms with Crippen LogP contribution in [0.4, 0.5) is 9.59 Å². The van der Waals surface area contributed by atoms with Gasteiger partial charge in [0, 0.05) is 18.9 Å². The fourth-order valence-corrected chi connectivity index (χ4v) is 6.46. The third-order valence-corrected chi connectivity index (χ3v) is 9.24. The molecule has 0 aliphatic heterocycles. The smallest absolute Gasteiger partial charge is 0.407 e. The molecule has 1 aliphatic carbocycles. The van der Waals surface area contributed by atoms with Gasteiger partial charge in [0.05, 0.1) is 0 Å². The highest BCUT2D eigenvalue weighted by Gasteiger charge is 2.31. The van der Waals surface area contributed by atoms with Gasteiger partial charge in [0.2, 0.25) is 5.91 Å². The molecule has 0 fully saturated rings. The van der Waals surface area contributed by atoms with E-state index in [1.54, 1.807) is 32.9 Å². The van der Waals surface area contributed by atoms with Gasteiger partial charge in [-0.3, -0.25) is 4.79 Å². The minimum absolute atomic E-state index is 0.0195. The lowest BCUT2D eigenvalue weighted by Gasteiger charge is -2.21. The molecule has 0 aromatic heterocycles. The van der Waals surface area contributed by atoms with Crippen LogP contribution in [-0.2, 0) is 46.5 Å². The number of unbranched alkanes of at least 4 members (excludes halogenated alkanes) is 1. The highest BCUT2D eigenvalue weighted by Crippen LogP contribution is 2.44. The van der Waals surface area contributed by atoms with Crippen molar-refractivity contribution < 1.29 is 42.9 Å². The van der Waals surface area contributed by atoms with Gasteiger partial charge in [-0.2, -0.15) is 0 Å². The molecule has 12 heteroatoms. The summed E-state index contributed by atoms with van der Waals surface area (Å²) >= 11 is 0. The summed E-state index contributed by atoms with van der Waals surface area (Å²) in [7, 11) is 0. The molecular weight excluding hydrogens is 727 g/mol. The Morgan fingerprint density at radius 3 is 1.65 bits per heavy atom. The van der Waals surface area contributed by atoms with Gasteiger partial charge in [-0.1, -0.05) is 109 Å². The fraction of sp³-hybridized carbons (Fsp3) is 0.356. The quantitative estimate of drug-likeness (QED) is 0.0534.